The lowest BCUT2D eigenvalue weighted by molar-refractivity contribution is -0.385. The molecular weight excluding hydrogens is 366 g/mol. The lowest BCUT2D eigenvalue weighted by Crippen LogP contribution is -2.09. The molecule has 11 nitrogen and oxygen atoms in total. The van der Waals surface area contributed by atoms with Crippen molar-refractivity contribution in [3.8, 4) is 0 Å². The van der Waals surface area contributed by atoms with Crippen LogP contribution in [0.2, 0.25) is 0 Å². The average molecular weight is 383 g/mol. The number of nitrogens with zero attached hydrogens (tertiary/aromatic N) is 1. The van der Waals surface area contributed by atoms with Gasteiger partial charge in [0.05, 0.1) is 36.2 Å². The van der Waals surface area contributed by atoms with Gasteiger partial charge in [0.1, 0.15) is 13.2 Å². The number of nitro groups is 1. The Morgan fingerprint density at radius 1 is 0.889 bits per heavy atom. The van der Waals surface area contributed by atoms with Crippen molar-refractivity contribution in [3.63, 3.8) is 0 Å². The van der Waals surface area contributed by atoms with Crippen LogP contribution in [0.5, 0.6) is 0 Å². The number of benzene rings is 1. The Balaban J connectivity index is 2.67. The van der Waals surface area contributed by atoms with Gasteiger partial charge >= 0.3 is 23.9 Å². The van der Waals surface area contributed by atoms with E-state index < -0.39 is 41.8 Å². The van der Waals surface area contributed by atoms with Gasteiger partial charge in [-0.3, -0.25) is 29.3 Å². The van der Waals surface area contributed by atoms with E-state index in [0.29, 0.717) is 5.56 Å². The van der Waals surface area contributed by atoms with Crippen LogP contribution in [-0.4, -0.2) is 39.0 Å². The lowest BCUT2D eigenvalue weighted by atomic mass is 10.1. The molecule has 0 saturated carbocycles. The van der Waals surface area contributed by atoms with Crippen molar-refractivity contribution in [1.29, 1.82) is 0 Å². The van der Waals surface area contributed by atoms with Crippen molar-refractivity contribution >= 4 is 29.6 Å². The van der Waals surface area contributed by atoms with Gasteiger partial charge in [0, 0.05) is 6.07 Å². The second-order valence-corrected chi connectivity index (χ2v) is 5.33. The molecule has 146 valence electrons. The van der Waals surface area contributed by atoms with E-state index >= 15 is 0 Å². The molecule has 11 heteroatoms. The smallest absolute Gasteiger partial charge is 0.306 e. The number of hydrogen-bond donors (Lipinski definition) is 2. The van der Waals surface area contributed by atoms with E-state index in [1.54, 1.807) is 0 Å². The zero-order valence-electron chi connectivity index (χ0n) is 14.1. The SMILES string of the molecule is O=C(O)CCC(=O)OCc1ccc(COC(=O)CCC(=O)O)c([N+](=O)[O-])c1. The zero-order chi connectivity index (χ0) is 20.4. The van der Waals surface area contributed by atoms with Crippen LogP contribution in [0.1, 0.15) is 36.8 Å². The molecule has 0 radical (unpaired) electrons. The molecule has 0 saturated heterocycles. The summed E-state index contributed by atoms with van der Waals surface area (Å²) in [7, 11) is 0. The Morgan fingerprint density at radius 2 is 1.41 bits per heavy atom. The number of ether oxygens (including phenoxy) is 2. The summed E-state index contributed by atoms with van der Waals surface area (Å²) in [6, 6.07) is 3.89. The number of carbonyl (C=O) groups is 4. The number of esters is 2. The summed E-state index contributed by atoms with van der Waals surface area (Å²) in [5, 5.41) is 28.1. The van der Waals surface area contributed by atoms with E-state index in [1.807, 2.05) is 0 Å². The highest BCUT2D eigenvalue weighted by Gasteiger charge is 2.17. The molecule has 1 aromatic carbocycles. The van der Waals surface area contributed by atoms with Gasteiger partial charge in [-0.1, -0.05) is 6.07 Å². The third kappa shape index (κ3) is 8.43. The molecule has 0 amide bonds. The highest BCUT2D eigenvalue weighted by atomic mass is 16.6. The molecule has 0 unspecified atom stereocenters. The Morgan fingerprint density at radius 3 is 1.89 bits per heavy atom. The first-order valence-electron chi connectivity index (χ1n) is 7.70. The molecule has 0 bridgehead atoms. The maximum atomic E-state index is 11.4. The predicted octanol–water partition coefficient (Wildman–Crippen LogP) is 1.41. The standard InChI is InChI=1S/C16H17NO10/c18-13(19)3-5-15(22)26-8-10-1-2-11(12(7-10)17(24)25)9-27-16(23)6-4-14(20)21/h1-2,7H,3-6,8-9H2,(H,18,19)(H,20,21). The minimum Gasteiger partial charge on any atom is -0.481 e. The third-order valence-electron chi connectivity index (χ3n) is 3.22. The topological polar surface area (TPSA) is 170 Å². The quantitative estimate of drug-likeness (QED) is 0.323. The summed E-state index contributed by atoms with van der Waals surface area (Å²) in [6.45, 7) is -0.689. The molecule has 0 atom stereocenters. The first kappa shape index (κ1) is 21.5. The van der Waals surface area contributed by atoms with Crippen molar-refractivity contribution in [2.75, 3.05) is 0 Å². The van der Waals surface area contributed by atoms with E-state index in [4.69, 9.17) is 19.7 Å². The van der Waals surface area contributed by atoms with E-state index in [-0.39, 0.29) is 37.1 Å². The number of nitro benzene ring substituents is 1. The molecule has 0 aromatic heterocycles. The van der Waals surface area contributed by atoms with Crippen LogP contribution >= 0.6 is 0 Å². The van der Waals surface area contributed by atoms with Gasteiger partial charge in [-0.2, -0.15) is 0 Å². The van der Waals surface area contributed by atoms with Gasteiger partial charge in [0.2, 0.25) is 0 Å². The van der Waals surface area contributed by atoms with E-state index in [9.17, 15) is 29.3 Å². The fourth-order valence-corrected chi connectivity index (χ4v) is 1.88. The molecule has 1 aromatic rings. The van der Waals surface area contributed by atoms with E-state index in [2.05, 4.69) is 0 Å². The first-order chi connectivity index (χ1) is 12.7. The van der Waals surface area contributed by atoms with Gasteiger partial charge in [-0.25, -0.2) is 0 Å². The third-order valence-corrected chi connectivity index (χ3v) is 3.22. The van der Waals surface area contributed by atoms with Crippen molar-refractivity contribution in [2.24, 2.45) is 0 Å². The largest absolute Gasteiger partial charge is 0.481 e. The highest BCUT2D eigenvalue weighted by Crippen LogP contribution is 2.22. The molecule has 0 aliphatic heterocycles. The van der Waals surface area contributed by atoms with Gasteiger partial charge in [0.15, 0.2) is 0 Å². The summed E-state index contributed by atoms with van der Waals surface area (Å²) >= 11 is 0. The first-order valence-corrected chi connectivity index (χ1v) is 7.70. The Hall–Kier alpha value is -3.50. The Kier molecular flexibility index (Phi) is 8.36. The van der Waals surface area contributed by atoms with Crippen molar-refractivity contribution in [3.05, 3.63) is 39.4 Å². The number of carbonyl (C=O) groups excluding carboxylic acids is 2. The van der Waals surface area contributed by atoms with Crippen LogP contribution < -0.4 is 0 Å². The summed E-state index contributed by atoms with van der Waals surface area (Å²) < 4.78 is 9.65. The van der Waals surface area contributed by atoms with E-state index in [1.165, 1.54) is 12.1 Å². The molecular formula is C16H17NO10. The minimum absolute atomic E-state index is 0.0876. The molecule has 0 aliphatic carbocycles. The van der Waals surface area contributed by atoms with Gasteiger partial charge in [-0.15, -0.1) is 0 Å². The van der Waals surface area contributed by atoms with Crippen LogP contribution in [0.15, 0.2) is 18.2 Å². The van der Waals surface area contributed by atoms with E-state index in [0.717, 1.165) is 6.07 Å². The van der Waals surface area contributed by atoms with Crippen LogP contribution in [0, 0.1) is 10.1 Å². The summed E-state index contributed by atoms with van der Waals surface area (Å²) in [4.78, 5) is 54.0. The summed E-state index contributed by atoms with van der Waals surface area (Å²) in [5.74, 6) is -3.87. The average Bonchev–Trinajstić information content (AvgIpc) is 2.61. The van der Waals surface area contributed by atoms with Gasteiger partial charge < -0.3 is 19.7 Å². The second kappa shape index (κ2) is 10.5. The monoisotopic (exact) mass is 383 g/mol. The molecule has 27 heavy (non-hydrogen) atoms. The van der Waals surface area contributed by atoms with Crippen molar-refractivity contribution in [2.45, 2.75) is 38.9 Å². The Labute approximate surface area is 152 Å². The molecule has 0 fully saturated rings. The molecule has 1 rings (SSSR count). The highest BCUT2D eigenvalue weighted by molar-refractivity contribution is 5.77. The number of carboxylic acid groups (broad SMARTS) is 2. The molecule has 0 spiro atoms. The molecule has 2 N–H and O–H groups in total. The fourth-order valence-electron chi connectivity index (χ4n) is 1.88. The maximum Gasteiger partial charge on any atom is 0.306 e. The zero-order valence-corrected chi connectivity index (χ0v) is 14.1. The van der Waals surface area contributed by atoms with Crippen LogP contribution in [-0.2, 0) is 41.9 Å². The van der Waals surface area contributed by atoms with Crippen LogP contribution in [0.3, 0.4) is 0 Å². The van der Waals surface area contributed by atoms with Crippen molar-refractivity contribution < 1.29 is 43.8 Å². The van der Waals surface area contributed by atoms with Gasteiger partial charge in [-0.05, 0) is 11.6 Å². The number of hydrogen-bond acceptors (Lipinski definition) is 8. The number of rotatable bonds is 11. The summed E-state index contributed by atoms with van der Waals surface area (Å²) in [6.07, 6.45) is -1.46. The number of carboxylic acids is 2. The molecule has 0 heterocycles. The second-order valence-electron chi connectivity index (χ2n) is 5.33. The molecule has 0 aliphatic rings. The summed E-state index contributed by atoms with van der Waals surface area (Å²) in [5.41, 5.74) is 0.0241. The fraction of sp³-hybridized carbons (Fsp3) is 0.375. The lowest BCUT2D eigenvalue weighted by Gasteiger charge is -2.08. The number of aliphatic carboxylic acids is 2. The Bertz CT molecular complexity index is 743. The van der Waals surface area contributed by atoms with Crippen LogP contribution in [0.4, 0.5) is 5.69 Å². The minimum atomic E-state index is -1.17. The maximum absolute atomic E-state index is 11.4. The van der Waals surface area contributed by atoms with Crippen LogP contribution in [0.25, 0.3) is 0 Å². The normalized spacial score (nSPS) is 10.1. The predicted molar refractivity (Wildman–Crippen MR) is 86.4 cm³/mol. The van der Waals surface area contributed by atoms with Gasteiger partial charge in [0.25, 0.3) is 5.69 Å². The van der Waals surface area contributed by atoms with Crippen molar-refractivity contribution in [1.82, 2.24) is 0 Å².